The van der Waals surface area contributed by atoms with Gasteiger partial charge >= 0.3 is 7.05 Å². The molecule has 2 aliphatic rings. The van der Waals surface area contributed by atoms with Crippen LogP contribution in [0, 0.1) is 0 Å². The predicted molar refractivity (Wildman–Crippen MR) is 145 cm³/mol. The summed E-state index contributed by atoms with van der Waals surface area (Å²) >= 11 is 0. The van der Waals surface area contributed by atoms with E-state index in [0.717, 1.165) is 12.1 Å². The first kappa shape index (κ1) is 20.9. The summed E-state index contributed by atoms with van der Waals surface area (Å²) in [5, 5.41) is 6.17. The summed E-state index contributed by atoms with van der Waals surface area (Å²) in [6.45, 7) is 8.78. The van der Waals surface area contributed by atoms with Crippen molar-refractivity contribution in [3.05, 3.63) is 90.1 Å². The topological polar surface area (TPSA) is 39.1 Å². The molecule has 0 unspecified atom stereocenters. The Morgan fingerprint density at radius 2 is 1.69 bits per heavy atom. The highest BCUT2D eigenvalue weighted by Crippen LogP contribution is 2.42. The van der Waals surface area contributed by atoms with Crippen LogP contribution in [0.1, 0.15) is 38.8 Å². The van der Waals surface area contributed by atoms with Crippen LogP contribution in [0.25, 0.3) is 38.8 Å². The van der Waals surface area contributed by atoms with Crippen molar-refractivity contribution in [3.8, 4) is 16.8 Å². The minimum atomic E-state index is -0.266. The number of nitrogens with one attached hydrogen (secondary N) is 1. The molecule has 0 spiro atoms. The molecule has 0 bridgehead atoms. The number of pyridine rings is 1. The molecule has 1 fully saturated rings. The number of hydrogen-bond donors (Lipinski definition) is 1. The lowest BCUT2D eigenvalue weighted by atomic mass is 9.69. The van der Waals surface area contributed by atoms with Gasteiger partial charge in [-0.15, -0.1) is 0 Å². The highest BCUT2D eigenvalue weighted by atomic mass is 16.5. The molecule has 172 valence electrons. The average molecular weight is 457 g/mol. The van der Waals surface area contributed by atoms with Gasteiger partial charge in [-0.3, -0.25) is 4.57 Å². The van der Waals surface area contributed by atoms with E-state index in [1.807, 2.05) is 12.3 Å². The van der Waals surface area contributed by atoms with E-state index in [1.54, 1.807) is 0 Å². The van der Waals surface area contributed by atoms with Crippen LogP contribution in [0.3, 0.4) is 0 Å². The molecular weight excluding hydrogens is 429 g/mol. The molecule has 0 amide bonds. The van der Waals surface area contributed by atoms with Crippen molar-refractivity contribution in [2.75, 3.05) is 0 Å². The summed E-state index contributed by atoms with van der Waals surface area (Å²) in [5.41, 5.74) is 9.53. The molecule has 1 N–H and O–H groups in total. The van der Waals surface area contributed by atoms with Gasteiger partial charge in [0.05, 0.1) is 16.8 Å². The maximum atomic E-state index is 6.58. The first-order valence-electron chi connectivity index (χ1n) is 12.4. The molecule has 0 radical (unpaired) electrons. The van der Waals surface area contributed by atoms with Crippen LogP contribution in [-0.2, 0) is 11.1 Å². The zero-order valence-electron chi connectivity index (χ0n) is 20.6. The third-order valence-corrected chi connectivity index (χ3v) is 8.34. The Morgan fingerprint density at radius 1 is 0.886 bits per heavy atom. The third kappa shape index (κ3) is 2.86. The smallest absolute Gasteiger partial charge is 0.411 e. The lowest BCUT2D eigenvalue weighted by Gasteiger charge is -2.33. The van der Waals surface area contributed by atoms with Gasteiger partial charge in [-0.25, -0.2) is 4.98 Å². The van der Waals surface area contributed by atoms with E-state index < -0.39 is 0 Å². The molecule has 2 aromatic heterocycles. The van der Waals surface area contributed by atoms with Gasteiger partial charge in [0.2, 0.25) is 0 Å². The fourth-order valence-electron chi connectivity index (χ4n) is 5.86. The molecule has 1 aliphatic carbocycles. The van der Waals surface area contributed by atoms with Crippen molar-refractivity contribution in [1.82, 2.24) is 14.8 Å². The summed E-state index contributed by atoms with van der Waals surface area (Å²) in [6.07, 6.45) is 2.79. The Balaban J connectivity index is 1.44. The molecule has 1 saturated heterocycles. The van der Waals surface area contributed by atoms with E-state index in [2.05, 4.69) is 104 Å². The van der Waals surface area contributed by atoms with Crippen LogP contribution in [-0.4, -0.2) is 27.7 Å². The van der Waals surface area contributed by atoms with Crippen molar-refractivity contribution in [2.45, 2.75) is 45.3 Å². The van der Waals surface area contributed by atoms with E-state index in [-0.39, 0.29) is 18.2 Å². The highest BCUT2D eigenvalue weighted by Gasteiger charge is 2.50. The quantitative estimate of drug-likeness (QED) is 0.343. The van der Waals surface area contributed by atoms with Crippen LogP contribution in [0.15, 0.2) is 79.0 Å². The van der Waals surface area contributed by atoms with Crippen molar-refractivity contribution in [2.24, 2.45) is 0 Å². The van der Waals surface area contributed by atoms with Crippen LogP contribution in [0.2, 0.25) is 0 Å². The Bertz CT molecular complexity index is 1580. The Labute approximate surface area is 206 Å². The van der Waals surface area contributed by atoms with Crippen molar-refractivity contribution >= 4 is 34.4 Å². The third-order valence-electron chi connectivity index (χ3n) is 8.34. The number of nitrogens with zero attached hydrogens (tertiary/aromatic N) is 2. The fourth-order valence-corrected chi connectivity index (χ4v) is 5.86. The average Bonchev–Trinajstić information content (AvgIpc) is 3.46. The minimum absolute atomic E-state index is 0.127. The van der Waals surface area contributed by atoms with Gasteiger partial charge in [-0.2, -0.15) is 0 Å². The number of benzene rings is 3. The molecule has 4 nitrogen and oxygen atoms in total. The van der Waals surface area contributed by atoms with Crippen molar-refractivity contribution < 1.29 is 4.65 Å². The lowest BCUT2D eigenvalue weighted by Crippen LogP contribution is -2.51. The second-order valence-electron chi connectivity index (χ2n) is 10.9. The van der Waals surface area contributed by atoms with Crippen molar-refractivity contribution in [3.63, 3.8) is 0 Å². The molecule has 3 heterocycles. The SMILES string of the molecule is CC1(C)NB(c2cccc3c2-c2cccc(-n4c5ccccc5c5cccnc54)c2C3)OC1(C)C. The van der Waals surface area contributed by atoms with E-state index >= 15 is 0 Å². The maximum Gasteiger partial charge on any atom is 0.417 e. The zero-order valence-corrected chi connectivity index (χ0v) is 20.6. The summed E-state index contributed by atoms with van der Waals surface area (Å²) in [6, 6.07) is 26.1. The minimum Gasteiger partial charge on any atom is -0.411 e. The molecule has 35 heavy (non-hydrogen) atoms. The van der Waals surface area contributed by atoms with Gasteiger partial charge in [0.15, 0.2) is 0 Å². The Morgan fingerprint density at radius 3 is 2.51 bits per heavy atom. The number of rotatable bonds is 2. The zero-order chi connectivity index (χ0) is 23.9. The standard InChI is InChI=1S/C30H28BN3O/c1-29(2)30(3,4)35-31(33-29)24-14-7-10-19-18-23-21(27(19)24)12-8-16-26(23)34-25-15-6-5-11-20(25)22-13-9-17-32-28(22)34/h5-17,33H,18H2,1-4H3. The summed E-state index contributed by atoms with van der Waals surface area (Å²) in [7, 11) is -0.139. The molecule has 3 aromatic carbocycles. The van der Waals surface area contributed by atoms with E-state index in [1.165, 1.54) is 49.7 Å². The van der Waals surface area contributed by atoms with E-state index in [0.29, 0.717) is 0 Å². The molecule has 0 atom stereocenters. The molecular formula is C30H28BN3O. The predicted octanol–water partition coefficient (Wildman–Crippen LogP) is 5.62. The summed E-state index contributed by atoms with van der Waals surface area (Å²) in [4.78, 5) is 4.81. The van der Waals surface area contributed by atoms with Crippen LogP contribution < -0.4 is 10.7 Å². The van der Waals surface area contributed by atoms with Gasteiger partial charge in [0, 0.05) is 28.9 Å². The summed E-state index contributed by atoms with van der Waals surface area (Å²) < 4.78 is 8.92. The normalized spacial score (nSPS) is 17.8. The lowest BCUT2D eigenvalue weighted by molar-refractivity contribution is 0.0750. The highest BCUT2D eigenvalue weighted by molar-refractivity contribution is 6.67. The number of hydrogen-bond acceptors (Lipinski definition) is 3. The van der Waals surface area contributed by atoms with Gasteiger partial charge in [-0.1, -0.05) is 48.5 Å². The molecule has 0 saturated carbocycles. The van der Waals surface area contributed by atoms with Gasteiger partial charge in [0.1, 0.15) is 5.65 Å². The fraction of sp³-hybridized carbons (Fsp3) is 0.233. The second-order valence-corrected chi connectivity index (χ2v) is 10.9. The van der Waals surface area contributed by atoms with E-state index in [4.69, 9.17) is 9.64 Å². The molecule has 5 aromatic rings. The number of aromatic nitrogens is 2. The summed E-state index contributed by atoms with van der Waals surface area (Å²) in [5.74, 6) is 0. The van der Waals surface area contributed by atoms with Gasteiger partial charge < -0.3 is 9.88 Å². The molecule has 5 heteroatoms. The van der Waals surface area contributed by atoms with Crippen LogP contribution >= 0.6 is 0 Å². The number of fused-ring (bicyclic) bond motifs is 6. The molecule has 1 aliphatic heterocycles. The van der Waals surface area contributed by atoms with Gasteiger partial charge in [0.25, 0.3) is 0 Å². The molecule has 7 rings (SSSR count). The van der Waals surface area contributed by atoms with Gasteiger partial charge in [-0.05, 0) is 79.7 Å². The van der Waals surface area contributed by atoms with E-state index in [9.17, 15) is 0 Å². The largest absolute Gasteiger partial charge is 0.417 e. The van der Waals surface area contributed by atoms with Crippen LogP contribution in [0.4, 0.5) is 0 Å². The van der Waals surface area contributed by atoms with Crippen molar-refractivity contribution in [1.29, 1.82) is 0 Å². The second kappa shape index (κ2) is 7.06. The first-order chi connectivity index (χ1) is 16.9. The monoisotopic (exact) mass is 457 g/mol. The Hall–Kier alpha value is -3.41. The maximum absolute atomic E-state index is 6.58. The first-order valence-corrected chi connectivity index (χ1v) is 12.4. The van der Waals surface area contributed by atoms with Crippen LogP contribution in [0.5, 0.6) is 0 Å². The Kier molecular flexibility index (Phi) is 4.22. The number of para-hydroxylation sites is 1.